The molecule has 1 atom stereocenters. The fourth-order valence-electron chi connectivity index (χ4n) is 12.3. The van der Waals surface area contributed by atoms with Gasteiger partial charge in [0.2, 0.25) is 0 Å². The van der Waals surface area contributed by atoms with Gasteiger partial charge in [-0.1, -0.05) is 38.1 Å². The zero-order valence-electron chi connectivity index (χ0n) is 41.2. The summed E-state index contributed by atoms with van der Waals surface area (Å²) in [6.45, 7) is 7.26. The van der Waals surface area contributed by atoms with Crippen LogP contribution in [0.5, 0.6) is 11.5 Å². The predicted molar refractivity (Wildman–Crippen MR) is 272 cm³/mol. The van der Waals surface area contributed by atoms with Gasteiger partial charge in [-0.2, -0.15) is 0 Å². The fraction of sp³-hybridized carbons (Fsp3) is 0.472. The molecule has 6 aromatic rings. The Labute approximate surface area is 421 Å². The number of alkyl halides is 1. The number of sulfonamides is 1. The van der Waals surface area contributed by atoms with Gasteiger partial charge in [0.15, 0.2) is 0 Å². The SMILES string of the molecule is CC(C)c1ccccc1[C@@H]1CCCN1C1CC2(CCN(c3cc(Oc4cnc5[nH]ccc5c4)c(C(=O)NS(=O)(=O)c4cc([N+](=O)[O-])c(NCC5(F)CCN(C6CC(=O)C6)CC5)c5c4ncn5C)cc3F)CC2)C1. The van der Waals surface area contributed by atoms with Crippen molar-refractivity contribution in [1.82, 2.24) is 34.0 Å². The first kappa shape index (κ1) is 48.7. The number of nitro groups is 1. The number of pyridine rings is 1. The molecule has 1 spiro atoms. The number of amides is 1. The van der Waals surface area contributed by atoms with Crippen molar-refractivity contribution in [3.8, 4) is 11.5 Å². The molecule has 6 heterocycles. The number of ketones is 1. The maximum absolute atomic E-state index is 16.6. The Bertz CT molecular complexity index is 3260. The first-order valence-electron chi connectivity index (χ1n) is 25.4. The summed E-state index contributed by atoms with van der Waals surface area (Å²) in [7, 11) is -3.46. The number of Topliss-reactive ketones (excluding diaryl/α,β-unsaturated/α-hetero) is 1. The standard InChI is InChI=1S/C53H60F2N10O7S/c1-32(2)38-7-4-5-8-39(38)42-9-6-16-64(42)35-27-52(28-35)11-17-63(18-12-52)43-25-45(72-37-21-33-10-15-56-50(33)57-29-37)40(24-41(43)54)51(67)60-73(70,71)46-26-44(65(68)69)47(49-48(46)59-31-61(49)3)58-30-53(55)13-19-62(20-14-53)34-22-36(66)23-34/h4-5,7-8,10,15,21,24-26,29,31-32,34-35,42,58H,6,9,11-14,16-20,22-23,27-28,30H2,1-3H3,(H,56,57)(H,60,67)/t42-/m0/s1. The third-order valence-corrected chi connectivity index (χ3v) is 17.8. The summed E-state index contributed by atoms with van der Waals surface area (Å²) < 4.78 is 71.3. The highest BCUT2D eigenvalue weighted by Gasteiger charge is 2.50. The zero-order valence-corrected chi connectivity index (χ0v) is 42.0. The number of fused-ring (bicyclic) bond motifs is 2. The second-order valence-corrected chi connectivity index (χ2v) is 23.0. The number of nitrogens with zero attached hydrogens (tertiary/aromatic N) is 7. The first-order valence-corrected chi connectivity index (χ1v) is 26.9. The van der Waals surface area contributed by atoms with Crippen LogP contribution in [0.3, 0.4) is 0 Å². The number of nitro benzene ring substituents is 1. The smallest absolute Gasteiger partial charge is 0.296 e. The molecule has 0 radical (unpaired) electrons. The molecule has 384 valence electrons. The van der Waals surface area contributed by atoms with Gasteiger partial charge in [0.05, 0.1) is 34.2 Å². The Morgan fingerprint density at radius 1 is 1.00 bits per heavy atom. The maximum atomic E-state index is 16.6. The molecule has 3 N–H and O–H groups in total. The van der Waals surface area contributed by atoms with Crippen LogP contribution in [0.1, 0.15) is 112 Å². The Hall–Kier alpha value is -6.51. The molecule has 17 nitrogen and oxygen atoms in total. The number of nitrogens with one attached hydrogen (secondary N) is 3. The van der Waals surface area contributed by atoms with Crippen LogP contribution in [-0.2, 0) is 21.9 Å². The van der Waals surface area contributed by atoms with Gasteiger partial charge in [-0.05, 0) is 98.6 Å². The van der Waals surface area contributed by atoms with Crippen LogP contribution in [0, 0.1) is 21.3 Å². The van der Waals surface area contributed by atoms with Gasteiger partial charge < -0.3 is 24.5 Å². The van der Waals surface area contributed by atoms with Crippen LogP contribution in [0.15, 0.2) is 78.2 Å². The second kappa shape index (κ2) is 18.8. The Balaban J connectivity index is 0.830. The predicted octanol–water partition coefficient (Wildman–Crippen LogP) is 9.06. The lowest BCUT2D eigenvalue weighted by atomic mass is 9.59. The van der Waals surface area contributed by atoms with Gasteiger partial charge in [-0.15, -0.1) is 0 Å². The van der Waals surface area contributed by atoms with E-state index < -0.39 is 48.5 Å². The number of aryl methyl sites for hydroxylation is 1. The molecular formula is C53H60F2N10O7S. The highest BCUT2D eigenvalue weighted by atomic mass is 32.2. The number of halogens is 2. The van der Waals surface area contributed by atoms with Crippen molar-refractivity contribution < 1.29 is 36.4 Å². The maximum Gasteiger partial charge on any atom is 0.296 e. The molecule has 0 bridgehead atoms. The summed E-state index contributed by atoms with van der Waals surface area (Å²) in [5.74, 6) is -1.31. The number of rotatable bonds is 14. The lowest BCUT2D eigenvalue weighted by molar-refractivity contribution is -0.384. The number of hydrogen-bond acceptors (Lipinski definition) is 13. The number of imidazole rings is 1. The normalized spacial score (nSPS) is 20.7. The fourth-order valence-corrected chi connectivity index (χ4v) is 13.5. The van der Waals surface area contributed by atoms with Crippen molar-refractivity contribution in [3.05, 3.63) is 106 Å². The molecule has 3 aromatic carbocycles. The molecule has 3 aliphatic heterocycles. The first-order chi connectivity index (χ1) is 35.0. The summed E-state index contributed by atoms with van der Waals surface area (Å²) in [6, 6.07) is 16.5. The minimum atomic E-state index is -4.98. The molecule has 20 heteroatoms. The summed E-state index contributed by atoms with van der Waals surface area (Å²) in [4.78, 5) is 55.6. The summed E-state index contributed by atoms with van der Waals surface area (Å²) in [5, 5.41) is 16.3. The van der Waals surface area contributed by atoms with Crippen LogP contribution in [0.2, 0.25) is 0 Å². The van der Waals surface area contributed by atoms with Crippen molar-refractivity contribution in [3.63, 3.8) is 0 Å². The number of benzene rings is 3. The molecule has 3 saturated heterocycles. The van der Waals surface area contributed by atoms with Crippen molar-refractivity contribution in [2.24, 2.45) is 12.5 Å². The Morgan fingerprint density at radius 3 is 2.48 bits per heavy atom. The van der Waals surface area contributed by atoms with Gasteiger partial charge in [0.1, 0.15) is 50.5 Å². The van der Waals surface area contributed by atoms with E-state index in [9.17, 15) is 28.1 Å². The zero-order chi connectivity index (χ0) is 51.0. The summed E-state index contributed by atoms with van der Waals surface area (Å²) in [6.07, 6.45) is 11.8. The molecule has 2 aliphatic carbocycles. The molecule has 73 heavy (non-hydrogen) atoms. The molecular weight excluding hydrogens is 959 g/mol. The van der Waals surface area contributed by atoms with Crippen molar-refractivity contribution in [2.75, 3.05) is 49.5 Å². The second-order valence-electron chi connectivity index (χ2n) is 21.4. The lowest BCUT2D eigenvalue weighted by Crippen LogP contribution is -2.55. The monoisotopic (exact) mass is 1020 g/mol. The average molecular weight is 1020 g/mol. The highest BCUT2D eigenvalue weighted by molar-refractivity contribution is 7.90. The van der Waals surface area contributed by atoms with Gasteiger partial charge in [0, 0.05) is 94.5 Å². The van der Waals surface area contributed by atoms with Crippen molar-refractivity contribution >= 4 is 60.8 Å². The van der Waals surface area contributed by atoms with E-state index in [-0.39, 0.29) is 70.5 Å². The minimum absolute atomic E-state index is 0.00325. The number of hydrogen-bond donors (Lipinski definition) is 3. The van der Waals surface area contributed by atoms with E-state index in [0.717, 1.165) is 50.8 Å². The van der Waals surface area contributed by atoms with Crippen molar-refractivity contribution in [2.45, 2.75) is 113 Å². The summed E-state index contributed by atoms with van der Waals surface area (Å²) in [5.41, 5.74) is 0.554. The van der Waals surface area contributed by atoms with Gasteiger partial charge in [0.25, 0.3) is 21.6 Å². The van der Waals surface area contributed by atoms with Gasteiger partial charge in [-0.25, -0.2) is 31.9 Å². The van der Waals surface area contributed by atoms with E-state index in [2.05, 4.69) is 68.2 Å². The van der Waals surface area contributed by atoms with Gasteiger partial charge >= 0.3 is 0 Å². The van der Waals surface area contributed by atoms with Crippen LogP contribution in [0.25, 0.3) is 22.1 Å². The van der Waals surface area contributed by atoms with Crippen LogP contribution >= 0.6 is 0 Å². The molecule has 5 aliphatic rings. The Kier molecular flexibility index (Phi) is 12.5. The third kappa shape index (κ3) is 9.19. The number of aromatic amines is 1. The van der Waals surface area contributed by atoms with E-state index >= 15 is 8.78 Å². The molecule has 0 unspecified atom stereocenters. The number of H-pyrrole nitrogens is 1. The van der Waals surface area contributed by atoms with Crippen LogP contribution in [0.4, 0.5) is 25.8 Å². The number of ether oxygens (including phenoxy) is 1. The van der Waals surface area contributed by atoms with E-state index in [1.54, 1.807) is 18.3 Å². The number of piperidine rings is 2. The largest absolute Gasteiger partial charge is 0.455 e. The highest BCUT2D eigenvalue weighted by Crippen LogP contribution is 2.54. The molecule has 11 rings (SSSR count). The topological polar surface area (TPSA) is 201 Å². The van der Waals surface area contributed by atoms with E-state index in [4.69, 9.17) is 4.74 Å². The molecule has 1 amide bonds. The molecule has 2 saturated carbocycles. The Morgan fingerprint density at radius 2 is 1.75 bits per heavy atom. The van der Waals surface area contributed by atoms with Crippen molar-refractivity contribution in [1.29, 1.82) is 0 Å². The quantitative estimate of drug-likeness (QED) is 0.0690. The number of likely N-dealkylation sites (tertiary alicyclic amines) is 2. The van der Waals surface area contributed by atoms with E-state index in [1.807, 2.05) is 9.62 Å². The van der Waals surface area contributed by atoms with Gasteiger partial charge in [-0.3, -0.25) is 29.5 Å². The van der Waals surface area contributed by atoms with E-state index in [1.165, 1.54) is 47.8 Å². The number of anilines is 2. The van der Waals surface area contributed by atoms with Crippen LogP contribution in [-0.4, -0.2) is 111 Å². The molecule has 5 fully saturated rings. The average Bonchev–Trinajstić information content (AvgIpc) is 4.12. The lowest BCUT2D eigenvalue weighted by Gasteiger charge is -2.56. The number of carbonyl (C=O) groups excluding carboxylic acids is 2. The van der Waals surface area contributed by atoms with E-state index in [0.29, 0.717) is 68.1 Å². The molecule has 3 aromatic heterocycles. The number of aromatic nitrogens is 4. The minimum Gasteiger partial charge on any atom is -0.455 e. The third-order valence-electron chi connectivity index (χ3n) is 16.5. The van der Waals surface area contributed by atoms with Crippen LogP contribution < -0.4 is 19.7 Å². The summed E-state index contributed by atoms with van der Waals surface area (Å²) >= 11 is 0. The number of carbonyl (C=O) groups is 2.